The molecule has 0 heterocycles. The van der Waals surface area contributed by atoms with Crippen LogP contribution in [0.3, 0.4) is 0 Å². The van der Waals surface area contributed by atoms with Gasteiger partial charge in [0, 0.05) is 5.92 Å². The monoisotopic (exact) mass is 250 g/mol. The van der Waals surface area contributed by atoms with E-state index in [0.29, 0.717) is 17.2 Å². The van der Waals surface area contributed by atoms with Crippen LogP contribution in [-0.4, -0.2) is 12.9 Å². The molecule has 1 aliphatic rings. The molecule has 1 aromatic carbocycles. The van der Waals surface area contributed by atoms with Crippen LogP contribution < -0.4 is 4.74 Å². The summed E-state index contributed by atoms with van der Waals surface area (Å²) in [6, 6.07) is 4.13. The Hall–Kier alpha value is -1.38. The molecule has 18 heavy (non-hydrogen) atoms. The Balaban J connectivity index is 2.24. The number of benzene rings is 1. The average molecular weight is 250 g/mol. The van der Waals surface area contributed by atoms with Crippen LogP contribution in [-0.2, 0) is 0 Å². The van der Waals surface area contributed by atoms with E-state index < -0.39 is 0 Å². The van der Waals surface area contributed by atoms with Gasteiger partial charge < -0.3 is 4.74 Å². The highest BCUT2D eigenvalue weighted by molar-refractivity contribution is 6.00. The van der Waals surface area contributed by atoms with Gasteiger partial charge in [0.25, 0.3) is 0 Å². The molecule has 1 saturated carbocycles. The SMILES string of the molecule is COc1ccc(F)cc1C(=O)C1CCCC(C)C1. The van der Waals surface area contributed by atoms with Crippen molar-refractivity contribution in [3.05, 3.63) is 29.6 Å². The van der Waals surface area contributed by atoms with Crippen molar-refractivity contribution >= 4 is 5.78 Å². The highest BCUT2D eigenvalue weighted by Gasteiger charge is 2.27. The third-order valence-corrected chi connectivity index (χ3v) is 3.73. The van der Waals surface area contributed by atoms with Gasteiger partial charge in [0.15, 0.2) is 5.78 Å². The van der Waals surface area contributed by atoms with Gasteiger partial charge in [-0.3, -0.25) is 4.79 Å². The van der Waals surface area contributed by atoms with Crippen molar-refractivity contribution < 1.29 is 13.9 Å². The highest BCUT2D eigenvalue weighted by Crippen LogP contribution is 2.33. The van der Waals surface area contributed by atoms with Crippen molar-refractivity contribution in [2.75, 3.05) is 7.11 Å². The average Bonchev–Trinajstić information content (AvgIpc) is 2.38. The maximum absolute atomic E-state index is 13.3. The number of ether oxygens (including phenoxy) is 1. The van der Waals surface area contributed by atoms with Gasteiger partial charge in [-0.25, -0.2) is 4.39 Å². The maximum atomic E-state index is 13.3. The number of halogens is 1. The van der Waals surface area contributed by atoms with Gasteiger partial charge in [0.1, 0.15) is 11.6 Å². The number of carbonyl (C=O) groups excluding carboxylic acids is 1. The lowest BCUT2D eigenvalue weighted by atomic mass is 9.78. The van der Waals surface area contributed by atoms with E-state index in [-0.39, 0.29) is 17.5 Å². The minimum Gasteiger partial charge on any atom is -0.496 e. The molecule has 0 aromatic heterocycles. The van der Waals surface area contributed by atoms with Crippen molar-refractivity contribution in [1.82, 2.24) is 0 Å². The second-order valence-corrected chi connectivity index (χ2v) is 5.18. The molecule has 0 N–H and O–H groups in total. The van der Waals surface area contributed by atoms with Gasteiger partial charge in [-0.15, -0.1) is 0 Å². The number of methoxy groups -OCH3 is 1. The Kier molecular flexibility index (Phi) is 4.00. The molecular formula is C15H19FO2. The third-order valence-electron chi connectivity index (χ3n) is 3.73. The second kappa shape index (κ2) is 5.51. The van der Waals surface area contributed by atoms with Crippen molar-refractivity contribution in [2.24, 2.45) is 11.8 Å². The van der Waals surface area contributed by atoms with Crippen molar-refractivity contribution in [1.29, 1.82) is 0 Å². The van der Waals surface area contributed by atoms with Crippen LogP contribution in [0, 0.1) is 17.7 Å². The molecule has 2 nitrogen and oxygen atoms in total. The lowest BCUT2D eigenvalue weighted by Crippen LogP contribution is -2.22. The number of hydrogen-bond acceptors (Lipinski definition) is 2. The minimum atomic E-state index is -0.386. The van der Waals surface area contributed by atoms with Gasteiger partial charge in [0.05, 0.1) is 12.7 Å². The Morgan fingerprint density at radius 1 is 1.39 bits per heavy atom. The minimum absolute atomic E-state index is 0.0180. The zero-order valence-corrected chi connectivity index (χ0v) is 10.9. The van der Waals surface area contributed by atoms with E-state index in [1.54, 1.807) is 0 Å². The van der Waals surface area contributed by atoms with Crippen LogP contribution >= 0.6 is 0 Å². The molecule has 0 spiro atoms. The highest BCUT2D eigenvalue weighted by atomic mass is 19.1. The molecule has 0 bridgehead atoms. The molecule has 0 aliphatic heterocycles. The first-order chi connectivity index (χ1) is 8.61. The fourth-order valence-corrected chi connectivity index (χ4v) is 2.76. The van der Waals surface area contributed by atoms with Crippen molar-refractivity contribution in [3.63, 3.8) is 0 Å². The molecule has 3 heteroatoms. The largest absolute Gasteiger partial charge is 0.496 e. The van der Waals surface area contributed by atoms with E-state index in [0.717, 1.165) is 19.3 Å². The molecule has 2 atom stereocenters. The van der Waals surface area contributed by atoms with Crippen LogP contribution in [0.1, 0.15) is 43.0 Å². The summed E-state index contributed by atoms with van der Waals surface area (Å²) in [7, 11) is 1.51. The summed E-state index contributed by atoms with van der Waals surface area (Å²) >= 11 is 0. The Morgan fingerprint density at radius 2 is 2.17 bits per heavy atom. The Labute approximate surface area is 107 Å². The van der Waals surface area contributed by atoms with Crippen LogP contribution in [0.15, 0.2) is 18.2 Å². The number of carbonyl (C=O) groups is 1. The van der Waals surface area contributed by atoms with E-state index in [4.69, 9.17) is 4.74 Å². The number of rotatable bonds is 3. The van der Waals surface area contributed by atoms with Crippen molar-refractivity contribution in [2.45, 2.75) is 32.6 Å². The van der Waals surface area contributed by atoms with E-state index >= 15 is 0 Å². The standard InChI is InChI=1S/C15H19FO2/c1-10-4-3-5-11(8-10)15(17)13-9-12(16)6-7-14(13)18-2/h6-7,9-11H,3-5,8H2,1-2H3. The second-order valence-electron chi connectivity index (χ2n) is 5.18. The topological polar surface area (TPSA) is 26.3 Å². The number of ketones is 1. The van der Waals surface area contributed by atoms with Gasteiger partial charge in [-0.2, -0.15) is 0 Å². The smallest absolute Gasteiger partial charge is 0.169 e. The van der Waals surface area contributed by atoms with Crippen LogP contribution in [0.4, 0.5) is 4.39 Å². The molecule has 0 radical (unpaired) electrons. The number of Topliss-reactive ketones (excluding diaryl/α,β-unsaturated/α-hetero) is 1. The predicted molar refractivity (Wildman–Crippen MR) is 68.4 cm³/mol. The van der Waals surface area contributed by atoms with Crippen LogP contribution in [0.25, 0.3) is 0 Å². The molecule has 1 fully saturated rings. The van der Waals surface area contributed by atoms with E-state index in [9.17, 15) is 9.18 Å². The number of hydrogen-bond donors (Lipinski definition) is 0. The Morgan fingerprint density at radius 3 is 2.83 bits per heavy atom. The van der Waals surface area contributed by atoms with Crippen LogP contribution in [0.5, 0.6) is 5.75 Å². The molecule has 98 valence electrons. The molecule has 1 aromatic rings. The maximum Gasteiger partial charge on any atom is 0.169 e. The normalized spacial score (nSPS) is 23.7. The molecule has 2 unspecified atom stereocenters. The van der Waals surface area contributed by atoms with E-state index in [2.05, 4.69) is 6.92 Å². The van der Waals surface area contributed by atoms with Crippen molar-refractivity contribution in [3.8, 4) is 5.75 Å². The summed E-state index contributed by atoms with van der Waals surface area (Å²) in [5.74, 6) is 0.706. The molecule has 1 aliphatic carbocycles. The molecule has 0 saturated heterocycles. The summed E-state index contributed by atoms with van der Waals surface area (Å²) in [5, 5.41) is 0. The zero-order chi connectivity index (χ0) is 13.1. The van der Waals surface area contributed by atoms with Gasteiger partial charge in [-0.1, -0.05) is 19.8 Å². The zero-order valence-electron chi connectivity index (χ0n) is 10.9. The molecular weight excluding hydrogens is 231 g/mol. The summed E-state index contributed by atoms with van der Waals surface area (Å²) in [6.45, 7) is 2.17. The molecule has 0 amide bonds. The Bertz CT molecular complexity index is 442. The van der Waals surface area contributed by atoms with Crippen LogP contribution in [0.2, 0.25) is 0 Å². The first kappa shape index (κ1) is 13.1. The van der Waals surface area contributed by atoms with E-state index in [1.807, 2.05) is 0 Å². The predicted octanol–water partition coefficient (Wildman–Crippen LogP) is 3.84. The first-order valence-corrected chi connectivity index (χ1v) is 6.49. The molecule has 2 rings (SSSR count). The summed E-state index contributed by atoms with van der Waals surface area (Å²) in [6.07, 6.45) is 4.07. The van der Waals surface area contributed by atoms with E-state index in [1.165, 1.54) is 31.7 Å². The summed E-state index contributed by atoms with van der Waals surface area (Å²) in [4.78, 5) is 12.4. The van der Waals surface area contributed by atoms with Gasteiger partial charge in [0.2, 0.25) is 0 Å². The van der Waals surface area contributed by atoms with Gasteiger partial charge >= 0.3 is 0 Å². The lowest BCUT2D eigenvalue weighted by molar-refractivity contribution is 0.0864. The first-order valence-electron chi connectivity index (χ1n) is 6.49. The lowest BCUT2D eigenvalue weighted by Gasteiger charge is -2.26. The van der Waals surface area contributed by atoms with Gasteiger partial charge in [-0.05, 0) is 37.0 Å². The fourth-order valence-electron chi connectivity index (χ4n) is 2.76. The summed E-state index contributed by atoms with van der Waals surface area (Å²) < 4.78 is 18.4. The third kappa shape index (κ3) is 2.71. The summed E-state index contributed by atoms with van der Waals surface area (Å²) in [5.41, 5.74) is 0.386. The fraction of sp³-hybridized carbons (Fsp3) is 0.533. The quantitative estimate of drug-likeness (QED) is 0.762.